The van der Waals surface area contributed by atoms with E-state index in [0.717, 1.165) is 27.8 Å². The molecular formula is C14H12N2O2. The minimum Gasteiger partial charge on any atom is -0.497 e. The van der Waals surface area contributed by atoms with Crippen molar-refractivity contribution in [2.75, 3.05) is 7.11 Å². The zero-order valence-corrected chi connectivity index (χ0v) is 9.86. The molecular weight excluding hydrogens is 228 g/mol. The first-order chi connectivity index (χ1) is 8.76. The quantitative estimate of drug-likeness (QED) is 0.723. The van der Waals surface area contributed by atoms with Crippen molar-refractivity contribution in [1.29, 1.82) is 0 Å². The lowest BCUT2D eigenvalue weighted by Crippen LogP contribution is -1.99. The summed E-state index contributed by atoms with van der Waals surface area (Å²) >= 11 is 0. The van der Waals surface area contributed by atoms with E-state index < -0.39 is 0 Å². The third-order valence-electron chi connectivity index (χ3n) is 2.95. The number of hydrogen-bond acceptors (Lipinski definition) is 2. The van der Waals surface area contributed by atoms with Crippen molar-refractivity contribution in [3.8, 4) is 17.0 Å². The van der Waals surface area contributed by atoms with Crippen LogP contribution in [0.25, 0.3) is 22.0 Å². The Morgan fingerprint density at radius 1 is 1.06 bits per heavy atom. The molecule has 0 radical (unpaired) electrons. The smallest absolute Gasteiger partial charge is 0.323 e. The number of rotatable bonds is 2. The summed E-state index contributed by atoms with van der Waals surface area (Å²) in [6, 6.07) is 11.9. The molecule has 4 nitrogen and oxygen atoms in total. The van der Waals surface area contributed by atoms with Gasteiger partial charge in [0.15, 0.2) is 0 Å². The first-order valence-corrected chi connectivity index (χ1v) is 5.62. The molecule has 0 amide bonds. The first-order valence-electron chi connectivity index (χ1n) is 5.62. The largest absolute Gasteiger partial charge is 0.497 e. The van der Waals surface area contributed by atoms with E-state index in [0.29, 0.717) is 0 Å². The van der Waals surface area contributed by atoms with Gasteiger partial charge in [0.2, 0.25) is 0 Å². The molecule has 3 rings (SSSR count). The number of aromatic amines is 2. The number of hydrogen-bond donors (Lipinski definition) is 2. The Bertz CT molecular complexity index is 756. The summed E-state index contributed by atoms with van der Waals surface area (Å²) in [6.07, 6.45) is 1.67. The van der Waals surface area contributed by atoms with E-state index in [-0.39, 0.29) is 5.69 Å². The number of nitrogens with one attached hydrogen (secondary N) is 2. The summed E-state index contributed by atoms with van der Waals surface area (Å²) in [5.74, 6) is 0.838. The van der Waals surface area contributed by atoms with Crippen molar-refractivity contribution >= 4 is 10.8 Å². The molecule has 0 spiro atoms. The van der Waals surface area contributed by atoms with E-state index >= 15 is 0 Å². The predicted molar refractivity (Wildman–Crippen MR) is 70.9 cm³/mol. The van der Waals surface area contributed by atoms with Crippen LogP contribution >= 0.6 is 0 Å². The summed E-state index contributed by atoms with van der Waals surface area (Å²) in [6.45, 7) is 0. The first kappa shape index (κ1) is 10.7. The van der Waals surface area contributed by atoms with E-state index in [1.807, 2.05) is 36.4 Å². The van der Waals surface area contributed by atoms with Gasteiger partial charge in [-0.15, -0.1) is 0 Å². The monoisotopic (exact) mass is 240 g/mol. The molecule has 0 fully saturated rings. The van der Waals surface area contributed by atoms with Gasteiger partial charge in [-0.05, 0) is 29.0 Å². The molecule has 3 aromatic rings. The van der Waals surface area contributed by atoms with Crippen LogP contribution in [-0.2, 0) is 0 Å². The van der Waals surface area contributed by atoms with Crippen LogP contribution < -0.4 is 10.4 Å². The van der Waals surface area contributed by atoms with Crippen molar-refractivity contribution in [2.24, 2.45) is 0 Å². The second-order valence-corrected chi connectivity index (χ2v) is 4.08. The lowest BCUT2D eigenvalue weighted by atomic mass is 10.1. The molecule has 1 heterocycles. The lowest BCUT2D eigenvalue weighted by molar-refractivity contribution is 0.415. The SMILES string of the molecule is COc1ccc2cc(-c3c[nH]c(=O)[nH]3)ccc2c1. The highest BCUT2D eigenvalue weighted by molar-refractivity contribution is 5.87. The third-order valence-corrected chi connectivity index (χ3v) is 2.95. The van der Waals surface area contributed by atoms with Gasteiger partial charge < -0.3 is 14.7 Å². The molecule has 18 heavy (non-hydrogen) atoms. The minimum absolute atomic E-state index is 0.195. The van der Waals surface area contributed by atoms with E-state index in [1.165, 1.54) is 0 Å². The molecule has 0 aliphatic rings. The number of imidazole rings is 1. The summed E-state index contributed by atoms with van der Waals surface area (Å²) in [4.78, 5) is 16.4. The van der Waals surface area contributed by atoms with Crippen molar-refractivity contribution in [2.45, 2.75) is 0 Å². The van der Waals surface area contributed by atoms with Crippen molar-refractivity contribution in [3.05, 3.63) is 53.1 Å². The number of aromatic nitrogens is 2. The zero-order valence-electron chi connectivity index (χ0n) is 9.86. The number of ether oxygens (including phenoxy) is 1. The van der Waals surface area contributed by atoms with Crippen LogP contribution in [0.5, 0.6) is 5.75 Å². The molecule has 2 N–H and O–H groups in total. The Hall–Kier alpha value is -2.49. The van der Waals surface area contributed by atoms with Gasteiger partial charge in [-0.25, -0.2) is 4.79 Å². The van der Waals surface area contributed by atoms with Crippen LogP contribution in [0, 0.1) is 0 Å². The predicted octanol–water partition coefficient (Wildman–Crippen LogP) is 2.53. The van der Waals surface area contributed by atoms with Crippen LogP contribution in [0.3, 0.4) is 0 Å². The van der Waals surface area contributed by atoms with Gasteiger partial charge in [-0.2, -0.15) is 0 Å². The minimum atomic E-state index is -0.195. The van der Waals surface area contributed by atoms with Gasteiger partial charge in [0, 0.05) is 11.8 Å². The topological polar surface area (TPSA) is 57.9 Å². The molecule has 0 unspecified atom stereocenters. The van der Waals surface area contributed by atoms with Gasteiger partial charge in [0.25, 0.3) is 0 Å². The normalized spacial score (nSPS) is 10.7. The average molecular weight is 240 g/mol. The summed E-state index contributed by atoms with van der Waals surface area (Å²) < 4.78 is 5.19. The summed E-state index contributed by atoms with van der Waals surface area (Å²) in [5, 5.41) is 2.21. The van der Waals surface area contributed by atoms with Gasteiger partial charge in [0.05, 0.1) is 12.8 Å². The molecule has 0 atom stereocenters. The Kier molecular flexibility index (Phi) is 2.41. The Balaban J connectivity index is 2.14. The maximum Gasteiger partial charge on any atom is 0.323 e. The molecule has 0 aliphatic carbocycles. The Labute approximate surface area is 103 Å². The highest BCUT2D eigenvalue weighted by Crippen LogP contribution is 2.25. The molecule has 0 saturated heterocycles. The van der Waals surface area contributed by atoms with Crippen LogP contribution in [0.2, 0.25) is 0 Å². The van der Waals surface area contributed by atoms with Gasteiger partial charge in [-0.1, -0.05) is 18.2 Å². The standard InChI is InChI=1S/C14H12N2O2/c1-18-12-5-4-9-6-11(3-2-10(9)7-12)13-8-15-14(17)16-13/h2-8H,1H3,(H2,15,16,17). The molecule has 4 heteroatoms. The molecule has 0 saturated carbocycles. The molecule has 2 aromatic carbocycles. The van der Waals surface area contributed by atoms with Gasteiger partial charge in [0.1, 0.15) is 5.75 Å². The maximum atomic E-state index is 11.1. The Morgan fingerprint density at radius 3 is 2.56 bits per heavy atom. The molecule has 0 aliphatic heterocycles. The van der Waals surface area contributed by atoms with E-state index in [9.17, 15) is 4.79 Å². The summed E-state index contributed by atoms with van der Waals surface area (Å²) in [7, 11) is 1.65. The van der Waals surface area contributed by atoms with Crippen LogP contribution in [0.15, 0.2) is 47.4 Å². The highest BCUT2D eigenvalue weighted by Gasteiger charge is 2.02. The van der Waals surface area contributed by atoms with Crippen molar-refractivity contribution in [1.82, 2.24) is 9.97 Å². The fourth-order valence-corrected chi connectivity index (χ4v) is 2.01. The average Bonchev–Trinajstić information content (AvgIpc) is 2.84. The second kappa shape index (κ2) is 4.07. The van der Waals surface area contributed by atoms with Gasteiger partial charge >= 0.3 is 5.69 Å². The van der Waals surface area contributed by atoms with Gasteiger partial charge in [-0.3, -0.25) is 0 Å². The molecule has 90 valence electrons. The third kappa shape index (κ3) is 1.78. The van der Waals surface area contributed by atoms with Crippen molar-refractivity contribution < 1.29 is 4.74 Å². The zero-order chi connectivity index (χ0) is 12.5. The number of methoxy groups -OCH3 is 1. The van der Waals surface area contributed by atoms with Crippen LogP contribution in [0.4, 0.5) is 0 Å². The number of fused-ring (bicyclic) bond motifs is 1. The summed E-state index contributed by atoms with van der Waals surface area (Å²) in [5.41, 5.74) is 1.57. The second-order valence-electron chi connectivity index (χ2n) is 4.08. The Morgan fingerprint density at radius 2 is 1.83 bits per heavy atom. The van der Waals surface area contributed by atoms with Crippen molar-refractivity contribution in [3.63, 3.8) is 0 Å². The van der Waals surface area contributed by atoms with E-state index in [2.05, 4.69) is 9.97 Å². The number of H-pyrrole nitrogens is 2. The fraction of sp³-hybridized carbons (Fsp3) is 0.0714. The van der Waals surface area contributed by atoms with E-state index in [1.54, 1.807) is 13.3 Å². The maximum absolute atomic E-state index is 11.1. The molecule has 1 aromatic heterocycles. The number of benzene rings is 2. The lowest BCUT2D eigenvalue weighted by Gasteiger charge is -2.04. The fourth-order valence-electron chi connectivity index (χ4n) is 2.01. The van der Waals surface area contributed by atoms with E-state index in [4.69, 9.17) is 4.74 Å². The molecule has 0 bridgehead atoms. The van der Waals surface area contributed by atoms with Crippen LogP contribution in [0.1, 0.15) is 0 Å². The van der Waals surface area contributed by atoms with Crippen LogP contribution in [-0.4, -0.2) is 17.1 Å². The highest BCUT2D eigenvalue weighted by atomic mass is 16.5.